The van der Waals surface area contributed by atoms with Gasteiger partial charge < -0.3 is 10.2 Å². The van der Waals surface area contributed by atoms with Gasteiger partial charge in [0, 0.05) is 32.6 Å². The predicted molar refractivity (Wildman–Crippen MR) is 88.6 cm³/mol. The molecule has 2 aromatic rings. The number of aromatic nitrogens is 4. The molecule has 114 valence electrons. The lowest BCUT2D eigenvalue weighted by molar-refractivity contribution is 0.754. The highest BCUT2D eigenvalue weighted by molar-refractivity contribution is 8.01. The maximum atomic E-state index is 4.60. The first-order valence-corrected chi connectivity index (χ1v) is 8.44. The minimum atomic E-state index is 0.287. The molecule has 0 bridgehead atoms. The lowest BCUT2D eigenvalue weighted by Gasteiger charge is -2.09. The van der Waals surface area contributed by atoms with Gasteiger partial charge in [0.15, 0.2) is 4.34 Å². The summed E-state index contributed by atoms with van der Waals surface area (Å²) < 4.78 is 0.884. The molecular formula is C13H20N6S2. The van der Waals surface area contributed by atoms with Gasteiger partial charge in [0.25, 0.3) is 0 Å². The molecule has 2 aromatic heterocycles. The maximum Gasteiger partial charge on any atom is 0.208 e. The third kappa shape index (κ3) is 4.28. The van der Waals surface area contributed by atoms with Crippen molar-refractivity contribution in [1.29, 1.82) is 0 Å². The predicted octanol–water partition coefficient (Wildman–Crippen LogP) is 3.10. The molecule has 0 aliphatic carbocycles. The van der Waals surface area contributed by atoms with Gasteiger partial charge in [-0.2, -0.15) is 0 Å². The second-order valence-electron chi connectivity index (χ2n) is 4.98. The molecule has 21 heavy (non-hydrogen) atoms. The highest BCUT2D eigenvalue weighted by Crippen LogP contribution is 2.33. The van der Waals surface area contributed by atoms with Crippen LogP contribution in [0.4, 0.5) is 10.9 Å². The van der Waals surface area contributed by atoms with Crippen LogP contribution in [0.1, 0.15) is 32.5 Å². The Morgan fingerprint density at radius 1 is 1.29 bits per heavy atom. The molecule has 0 aromatic carbocycles. The van der Waals surface area contributed by atoms with Crippen molar-refractivity contribution in [1.82, 2.24) is 20.2 Å². The second-order valence-corrected chi connectivity index (χ2v) is 7.21. The number of anilines is 2. The van der Waals surface area contributed by atoms with Crippen molar-refractivity contribution in [2.45, 2.75) is 36.1 Å². The fourth-order valence-corrected chi connectivity index (χ4v) is 3.26. The van der Waals surface area contributed by atoms with Crippen molar-refractivity contribution in [2.75, 3.05) is 30.9 Å². The maximum absolute atomic E-state index is 4.60. The van der Waals surface area contributed by atoms with Gasteiger partial charge in [0.1, 0.15) is 16.7 Å². The molecule has 0 fully saturated rings. The van der Waals surface area contributed by atoms with Gasteiger partial charge >= 0.3 is 0 Å². The average Bonchev–Trinajstić information content (AvgIpc) is 2.87. The summed E-state index contributed by atoms with van der Waals surface area (Å²) in [7, 11) is 3.92. The quantitative estimate of drug-likeness (QED) is 0.819. The minimum absolute atomic E-state index is 0.287. The Morgan fingerprint density at radius 3 is 2.62 bits per heavy atom. The zero-order valence-electron chi connectivity index (χ0n) is 12.9. The van der Waals surface area contributed by atoms with Gasteiger partial charge in [-0.3, -0.25) is 0 Å². The van der Waals surface area contributed by atoms with Crippen LogP contribution < -0.4 is 10.2 Å². The zero-order valence-corrected chi connectivity index (χ0v) is 14.5. The number of rotatable bonds is 6. The fourth-order valence-electron chi connectivity index (χ4n) is 1.54. The molecule has 0 aliphatic heterocycles. The van der Waals surface area contributed by atoms with Gasteiger partial charge in [-0.25, -0.2) is 9.97 Å². The summed E-state index contributed by atoms with van der Waals surface area (Å²) in [6.07, 6.45) is 0. The molecule has 6 nitrogen and oxygen atoms in total. The number of hydrogen-bond acceptors (Lipinski definition) is 8. The summed E-state index contributed by atoms with van der Waals surface area (Å²) in [6.45, 7) is 7.07. The van der Waals surface area contributed by atoms with E-state index in [9.17, 15) is 0 Å². The van der Waals surface area contributed by atoms with E-state index >= 15 is 0 Å². The summed E-state index contributed by atoms with van der Waals surface area (Å²) in [4.78, 5) is 11.1. The molecule has 0 saturated heterocycles. The minimum Gasteiger partial charge on any atom is -0.370 e. The summed E-state index contributed by atoms with van der Waals surface area (Å²) in [6, 6.07) is 1.96. The number of nitrogens with one attached hydrogen (secondary N) is 1. The molecule has 0 saturated carbocycles. The van der Waals surface area contributed by atoms with Gasteiger partial charge in [-0.05, 0) is 18.7 Å². The molecule has 0 aliphatic rings. The van der Waals surface area contributed by atoms with Crippen molar-refractivity contribution in [2.24, 2.45) is 0 Å². The van der Waals surface area contributed by atoms with Crippen LogP contribution in [0.15, 0.2) is 15.4 Å². The normalized spacial score (nSPS) is 11.0. The van der Waals surface area contributed by atoms with Crippen molar-refractivity contribution in [3.8, 4) is 0 Å². The Labute approximate surface area is 133 Å². The van der Waals surface area contributed by atoms with Crippen molar-refractivity contribution in [3.05, 3.63) is 11.9 Å². The van der Waals surface area contributed by atoms with E-state index < -0.39 is 0 Å². The molecular weight excluding hydrogens is 304 g/mol. The zero-order chi connectivity index (χ0) is 15.4. The van der Waals surface area contributed by atoms with E-state index in [1.54, 1.807) is 11.3 Å². The first-order valence-electron chi connectivity index (χ1n) is 6.81. The molecule has 0 radical (unpaired) electrons. The van der Waals surface area contributed by atoms with Gasteiger partial charge in [-0.1, -0.05) is 25.2 Å². The molecule has 1 N–H and O–H groups in total. The smallest absolute Gasteiger partial charge is 0.208 e. The molecule has 0 atom stereocenters. The number of nitrogens with zero attached hydrogens (tertiary/aromatic N) is 5. The summed E-state index contributed by atoms with van der Waals surface area (Å²) in [5.74, 6) is 1.99. The van der Waals surface area contributed by atoms with Crippen LogP contribution in [0.2, 0.25) is 0 Å². The van der Waals surface area contributed by atoms with Crippen molar-refractivity contribution in [3.63, 3.8) is 0 Å². The summed E-state index contributed by atoms with van der Waals surface area (Å²) in [5, 5.41) is 13.4. The Hall–Kier alpha value is -1.41. The molecule has 8 heteroatoms. The summed E-state index contributed by atoms with van der Waals surface area (Å²) >= 11 is 3.08. The molecule has 0 unspecified atom stereocenters. The van der Waals surface area contributed by atoms with Crippen molar-refractivity contribution >= 4 is 34.0 Å². The second kappa shape index (κ2) is 7.04. The van der Waals surface area contributed by atoms with Gasteiger partial charge in [-0.15, -0.1) is 10.2 Å². The average molecular weight is 324 g/mol. The molecule has 2 rings (SSSR count). The lowest BCUT2D eigenvalue weighted by atomic mass is 10.2. The first-order chi connectivity index (χ1) is 9.99. The Balaban J connectivity index is 2.24. The van der Waals surface area contributed by atoms with E-state index in [1.807, 2.05) is 25.1 Å². The van der Waals surface area contributed by atoms with E-state index in [0.29, 0.717) is 0 Å². The largest absolute Gasteiger partial charge is 0.370 e. The SMILES string of the molecule is CCNc1cc(Sc2nnc(N(C)C)s2)nc(C(C)C)n1. The molecule has 0 amide bonds. The van der Waals surface area contributed by atoms with Gasteiger partial charge in [0.2, 0.25) is 5.13 Å². The van der Waals surface area contributed by atoms with E-state index in [-0.39, 0.29) is 5.92 Å². The van der Waals surface area contributed by atoms with Crippen LogP contribution in [0.3, 0.4) is 0 Å². The van der Waals surface area contributed by atoms with Crippen LogP contribution in [0.25, 0.3) is 0 Å². The van der Waals surface area contributed by atoms with Crippen LogP contribution in [-0.2, 0) is 0 Å². The van der Waals surface area contributed by atoms with Crippen LogP contribution in [0.5, 0.6) is 0 Å². The van der Waals surface area contributed by atoms with Crippen LogP contribution >= 0.6 is 23.1 Å². The standard InChI is InChI=1S/C13H20N6S2/c1-6-14-9-7-10(16-11(15-9)8(2)3)20-13-18-17-12(21-13)19(4)5/h7-8H,6H2,1-5H3,(H,14,15,16). The Morgan fingerprint density at radius 2 is 2.05 bits per heavy atom. The highest BCUT2D eigenvalue weighted by atomic mass is 32.2. The highest BCUT2D eigenvalue weighted by Gasteiger charge is 2.12. The third-order valence-corrected chi connectivity index (χ3v) is 4.62. The first kappa shape index (κ1) is 16.0. The summed E-state index contributed by atoms with van der Waals surface area (Å²) in [5.41, 5.74) is 0. The topological polar surface area (TPSA) is 66.8 Å². The number of hydrogen-bond donors (Lipinski definition) is 1. The Bertz CT molecular complexity index is 596. The van der Waals surface area contributed by atoms with E-state index in [0.717, 1.165) is 32.7 Å². The molecule has 2 heterocycles. The van der Waals surface area contributed by atoms with Crippen molar-refractivity contribution < 1.29 is 0 Å². The van der Waals surface area contributed by atoms with Gasteiger partial charge in [0.05, 0.1) is 0 Å². The fraction of sp³-hybridized carbons (Fsp3) is 0.538. The van der Waals surface area contributed by atoms with E-state index in [4.69, 9.17) is 0 Å². The van der Waals surface area contributed by atoms with E-state index in [2.05, 4.69) is 46.3 Å². The lowest BCUT2D eigenvalue weighted by Crippen LogP contribution is -2.07. The van der Waals surface area contributed by atoms with Crippen LogP contribution in [0, 0.1) is 0 Å². The molecule has 0 spiro atoms. The van der Waals surface area contributed by atoms with E-state index in [1.165, 1.54) is 11.8 Å². The monoisotopic (exact) mass is 324 g/mol. The Kier molecular flexibility index (Phi) is 5.35. The third-order valence-electron chi connectivity index (χ3n) is 2.56. The van der Waals surface area contributed by atoms with Crippen LogP contribution in [-0.4, -0.2) is 40.8 Å².